The second-order valence-corrected chi connectivity index (χ2v) is 7.66. The number of hydrogen-bond acceptors (Lipinski definition) is 7. The van der Waals surface area contributed by atoms with Crippen LogP contribution in [-0.4, -0.2) is 44.4 Å². The molecule has 0 aliphatic rings. The van der Waals surface area contributed by atoms with E-state index in [4.69, 9.17) is 0 Å². The Labute approximate surface area is 190 Å². The van der Waals surface area contributed by atoms with Crippen LogP contribution in [0.1, 0.15) is 12.0 Å². The number of rotatable bonds is 10. The predicted octanol–water partition coefficient (Wildman–Crippen LogP) is 3.90. The Morgan fingerprint density at radius 2 is 1.91 bits per heavy atom. The molecule has 0 saturated carbocycles. The second kappa shape index (κ2) is 10.8. The molecular weight excluding hydrogens is 461 g/mol. The van der Waals surface area contributed by atoms with Crippen molar-refractivity contribution in [3.63, 3.8) is 0 Å². The number of aromatic nitrogens is 3. The molecular formula is C20H19F3N6O3S. The average Bonchev–Trinajstić information content (AvgIpc) is 3.26. The summed E-state index contributed by atoms with van der Waals surface area (Å²) < 4.78 is 39.8. The van der Waals surface area contributed by atoms with Crippen LogP contribution in [0.5, 0.6) is 0 Å². The van der Waals surface area contributed by atoms with E-state index in [1.54, 1.807) is 11.0 Å². The van der Waals surface area contributed by atoms with Gasteiger partial charge < -0.3 is 10.6 Å². The molecule has 0 bridgehead atoms. The van der Waals surface area contributed by atoms with Gasteiger partial charge in [0.2, 0.25) is 11.1 Å². The number of thioether (sulfide) groups is 1. The van der Waals surface area contributed by atoms with Crippen LogP contribution < -0.4 is 10.6 Å². The average molecular weight is 480 g/mol. The van der Waals surface area contributed by atoms with E-state index in [0.29, 0.717) is 17.6 Å². The van der Waals surface area contributed by atoms with Gasteiger partial charge in [0.1, 0.15) is 12.0 Å². The van der Waals surface area contributed by atoms with Gasteiger partial charge in [-0.05, 0) is 30.7 Å². The highest BCUT2D eigenvalue weighted by Crippen LogP contribution is 2.34. The Balaban J connectivity index is 1.40. The fourth-order valence-corrected chi connectivity index (χ4v) is 3.38. The lowest BCUT2D eigenvalue weighted by atomic mass is 10.1. The molecule has 3 rings (SSSR count). The normalized spacial score (nSPS) is 11.2. The lowest BCUT2D eigenvalue weighted by Gasteiger charge is -2.11. The molecule has 0 spiro atoms. The number of carbonyl (C=O) groups is 1. The summed E-state index contributed by atoms with van der Waals surface area (Å²) in [5.74, 6) is -0.132. The Kier molecular flexibility index (Phi) is 7.87. The zero-order valence-corrected chi connectivity index (χ0v) is 17.9. The molecule has 3 aromatic rings. The monoisotopic (exact) mass is 480 g/mol. The quantitative estimate of drug-likeness (QED) is 0.196. The number of alkyl halides is 3. The second-order valence-electron chi connectivity index (χ2n) is 6.71. The third-order valence-corrected chi connectivity index (χ3v) is 5.19. The van der Waals surface area contributed by atoms with Crippen LogP contribution in [0.3, 0.4) is 0 Å². The van der Waals surface area contributed by atoms with Gasteiger partial charge in [0.05, 0.1) is 21.9 Å². The van der Waals surface area contributed by atoms with Crippen molar-refractivity contribution in [1.29, 1.82) is 0 Å². The molecule has 0 aliphatic heterocycles. The summed E-state index contributed by atoms with van der Waals surface area (Å²) in [5.41, 5.74) is -0.919. The van der Waals surface area contributed by atoms with E-state index in [2.05, 4.69) is 20.7 Å². The molecule has 9 nitrogen and oxygen atoms in total. The Morgan fingerprint density at radius 3 is 2.61 bits per heavy atom. The van der Waals surface area contributed by atoms with Crippen LogP contribution in [0.25, 0.3) is 5.69 Å². The van der Waals surface area contributed by atoms with E-state index in [9.17, 15) is 28.1 Å². The van der Waals surface area contributed by atoms with Gasteiger partial charge in [0, 0.05) is 19.2 Å². The van der Waals surface area contributed by atoms with Crippen molar-refractivity contribution in [2.75, 3.05) is 24.2 Å². The summed E-state index contributed by atoms with van der Waals surface area (Å²) >= 11 is 1.18. The fourth-order valence-electron chi connectivity index (χ4n) is 2.75. The van der Waals surface area contributed by atoms with Gasteiger partial charge in [0.15, 0.2) is 0 Å². The number of nitro groups is 1. The van der Waals surface area contributed by atoms with E-state index in [0.717, 1.165) is 17.8 Å². The van der Waals surface area contributed by atoms with Gasteiger partial charge in [-0.15, -0.1) is 5.10 Å². The zero-order valence-electron chi connectivity index (χ0n) is 17.1. The van der Waals surface area contributed by atoms with Crippen LogP contribution in [0.15, 0.2) is 60.0 Å². The molecule has 0 fully saturated rings. The molecule has 0 aliphatic carbocycles. The van der Waals surface area contributed by atoms with Crippen molar-refractivity contribution in [2.24, 2.45) is 0 Å². The smallest absolute Gasteiger partial charge is 0.379 e. The van der Waals surface area contributed by atoms with E-state index >= 15 is 0 Å². The van der Waals surface area contributed by atoms with Crippen LogP contribution >= 0.6 is 11.8 Å². The SMILES string of the molecule is O=C(CSc1ncn(-c2ccccc2)n1)NCCCNc1ccc(C(F)(F)F)cc1[N+](=O)[O-]. The number of halogens is 3. The minimum Gasteiger partial charge on any atom is -0.379 e. The fraction of sp³-hybridized carbons (Fsp3) is 0.250. The van der Waals surface area contributed by atoms with Gasteiger partial charge in [-0.2, -0.15) is 13.2 Å². The molecule has 0 unspecified atom stereocenters. The Morgan fingerprint density at radius 1 is 1.15 bits per heavy atom. The minimum absolute atomic E-state index is 0.0186. The Hall–Kier alpha value is -3.61. The van der Waals surface area contributed by atoms with Crippen molar-refractivity contribution in [3.05, 3.63) is 70.5 Å². The molecule has 1 amide bonds. The van der Waals surface area contributed by atoms with Crippen molar-refractivity contribution in [3.8, 4) is 5.69 Å². The maximum Gasteiger partial charge on any atom is 0.416 e. The summed E-state index contributed by atoms with van der Waals surface area (Å²) in [7, 11) is 0. The molecule has 0 radical (unpaired) electrons. The number of hydrogen-bond donors (Lipinski definition) is 2. The van der Waals surface area contributed by atoms with Gasteiger partial charge in [-0.25, -0.2) is 9.67 Å². The highest BCUT2D eigenvalue weighted by atomic mass is 32.2. The number of nitrogens with zero attached hydrogens (tertiary/aromatic N) is 4. The molecule has 33 heavy (non-hydrogen) atoms. The van der Waals surface area contributed by atoms with Gasteiger partial charge in [0.25, 0.3) is 5.69 Å². The first-order chi connectivity index (χ1) is 15.7. The maximum absolute atomic E-state index is 12.7. The molecule has 13 heteroatoms. The van der Waals surface area contributed by atoms with E-state index in [1.165, 1.54) is 11.8 Å². The molecule has 1 heterocycles. The third kappa shape index (κ3) is 6.94. The van der Waals surface area contributed by atoms with Crippen LogP contribution in [0.4, 0.5) is 24.5 Å². The summed E-state index contributed by atoms with van der Waals surface area (Å²) in [4.78, 5) is 26.3. The summed E-state index contributed by atoms with van der Waals surface area (Å²) in [5, 5.41) is 21.3. The number of carbonyl (C=O) groups excluding carboxylic acids is 1. The number of nitrogens with one attached hydrogen (secondary N) is 2. The first-order valence-electron chi connectivity index (χ1n) is 9.70. The lowest BCUT2D eigenvalue weighted by molar-refractivity contribution is -0.384. The number of amides is 1. The predicted molar refractivity (Wildman–Crippen MR) is 116 cm³/mol. The standard InChI is InChI=1S/C20H19F3N6O3S/c21-20(22,23)14-7-8-16(17(11-14)29(31)32)24-9-4-10-25-18(30)12-33-19-26-13-28(27-19)15-5-2-1-3-6-15/h1-3,5-8,11,13,24H,4,9-10,12H2,(H,25,30). The first kappa shape index (κ1) is 24.0. The van der Waals surface area contributed by atoms with Gasteiger partial charge in [-0.1, -0.05) is 30.0 Å². The molecule has 174 valence electrons. The van der Waals surface area contributed by atoms with Gasteiger partial charge in [-0.3, -0.25) is 14.9 Å². The molecule has 0 saturated heterocycles. The lowest BCUT2D eigenvalue weighted by Crippen LogP contribution is -2.27. The largest absolute Gasteiger partial charge is 0.416 e. The molecule has 0 atom stereocenters. The van der Waals surface area contributed by atoms with E-state index < -0.39 is 22.4 Å². The van der Waals surface area contributed by atoms with Crippen molar-refractivity contribution in [1.82, 2.24) is 20.1 Å². The molecule has 2 aromatic carbocycles. The van der Waals surface area contributed by atoms with Gasteiger partial charge >= 0.3 is 6.18 Å². The van der Waals surface area contributed by atoms with E-state index in [1.807, 2.05) is 30.3 Å². The van der Waals surface area contributed by atoms with Crippen LogP contribution in [0.2, 0.25) is 0 Å². The minimum atomic E-state index is -4.67. The Bertz CT molecular complexity index is 1110. The van der Waals surface area contributed by atoms with Crippen molar-refractivity contribution in [2.45, 2.75) is 17.8 Å². The van der Waals surface area contributed by atoms with Crippen LogP contribution in [0, 0.1) is 10.1 Å². The highest BCUT2D eigenvalue weighted by Gasteiger charge is 2.33. The van der Waals surface area contributed by atoms with Crippen molar-refractivity contribution >= 4 is 29.0 Å². The topological polar surface area (TPSA) is 115 Å². The number of anilines is 1. The number of benzene rings is 2. The zero-order chi connectivity index (χ0) is 23.8. The van der Waals surface area contributed by atoms with E-state index in [-0.39, 0.29) is 30.4 Å². The molecule has 1 aromatic heterocycles. The van der Waals surface area contributed by atoms with Crippen LogP contribution in [-0.2, 0) is 11.0 Å². The summed E-state index contributed by atoms with van der Waals surface area (Å²) in [6.45, 7) is 0.509. The number of nitro benzene ring substituents is 1. The number of para-hydroxylation sites is 1. The summed E-state index contributed by atoms with van der Waals surface area (Å²) in [6, 6.07) is 11.7. The summed E-state index contributed by atoms with van der Waals surface area (Å²) in [6.07, 6.45) is -2.70. The first-order valence-corrected chi connectivity index (χ1v) is 10.7. The highest BCUT2D eigenvalue weighted by molar-refractivity contribution is 7.99. The van der Waals surface area contributed by atoms with Crippen molar-refractivity contribution < 1.29 is 22.9 Å². The maximum atomic E-state index is 12.7. The molecule has 2 N–H and O–H groups in total. The third-order valence-electron chi connectivity index (χ3n) is 4.34.